The van der Waals surface area contributed by atoms with Crippen LogP contribution in [-0.4, -0.2) is 11.5 Å². The molecule has 2 N–H and O–H groups in total. The molecule has 1 aromatic heterocycles. The Labute approximate surface area is 125 Å². The lowest BCUT2D eigenvalue weighted by Crippen LogP contribution is -2.25. The van der Waals surface area contributed by atoms with Gasteiger partial charge in [-0.1, -0.05) is 19.1 Å². The highest BCUT2D eigenvalue weighted by Gasteiger charge is 2.14. The molecule has 2 aromatic rings. The first-order valence-corrected chi connectivity index (χ1v) is 7.10. The number of aryl methyl sites for hydroxylation is 1. The molecule has 0 saturated heterocycles. The zero-order valence-electron chi connectivity index (χ0n) is 12.5. The van der Waals surface area contributed by atoms with Gasteiger partial charge in [0.25, 0.3) is 0 Å². The Kier molecular flexibility index (Phi) is 4.78. The molecule has 1 heterocycles. The Morgan fingerprint density at radius 1 is 1.24 bits per heavy atom. The Morgan fingerprint density at radius 3 is 2.57 bits per heavy atom. The second kappa shape index (κ2) is 6.76. The van der Waals surface area contributed by atoms with Gasteiger partial charge in [0.05, 0.1) is 5.56 Å². The minimum absolute atomic E-state index is 0.654. The standard InChI is InChI=1S/C17H20N4/c1-3-10-21(12-14-4-6-15(19)7-5-14)17-16(11-18)13(2)8-9-20-17/h4-9H,3,10,12,19H2,1-2H3. The van der Waals surface area contributed by atoms with Crippen LogP contribution in [0.15, 0.2) is 36.5 Å². The van der Waals surface area contributed by atoms with E-state index in [-0.39, 0.29) is 0 Å². The van der Waals surface area contributed by atoms with E-state index >= 15 is 0 Å². The first kappa shape index (κ1) is 14.9. The lowest BCUT2D eigenvalue weighted by molar-refractivity contribution is 0.753. The summed E-state index contributed by atoms with van der Waals surface area (Å²) in [5.74, 6) is 0.760. The van der Waals surface area contributed by atoms with Gasteiger partial charge in [0, 0.05) is 25.0 Å². The van der Waals surface area contributed by atoms with Crippen LogP contribution in [0.5, 0.6) is 0 Å². The molecule has 0 aliphatic carbocycles. The second-order valence-electron chi connectivity index (χ2n) is 5.10. The molecule has 0 amide bonds. The maximum Gasteiger partial charge on any atom is 0.147 e. The molecule has 0 atom stereocenters. The molecule has 4 nitrogen and oxygen atoms in total. The average molecular weight is 280 g/mol. The first-order chi connectivity index (χ1) is 10.2. The lowest BCUT2D eigenvalue weighted by Gasteiger charge is -2.24. The minimum Gasteiger partial charge on any atom is -0.399 e. The summed E-state index contributed by atoms with van der Waals surface area (Å²) < 4.78 is 0. The fourth-order valence-corrected chi connectivity index (χ4v) is 2.30. The maximum absolute atomic E-state index is 9.39. The molecular formula is C17H20N4. The van der Waals surface area contributed by atoms with Crippen LogP contribution in [0.1, 0.15) is 30.0 Å². The summed E-state index contributed by atoms with van der Waals surface area (Å²) in [6.45, 7) is 5.64. The maximum atomic E-state index is 9.39. The molecule has 0 radical (unpaired) electrons. The van der Waals surface area contributed by atoms with E-state index in [0.29, 0.717) is 5.56 Å². The van der Waals surface area contributed by atoms with E-state index in [4.69, 9.17) is 5.73 Å². The lowest BCUT2D eigenvalue weighted by atomic mass is 10.1. The van der Waals surface area contributed by atoms with E-state index in [1.54, 1.807) is 6.20 Å². The SMILES string of the molecule is CCCN(Cc1ccc(N)cc1)c1nccc(C)c1C#N. The van der Waals surface area contributed by atoms with Crippen LogP contribution in [-0.2, 0) is 6.54 Å². The van der Waals surface area contributed by atoms with Crippen LogP contribution >= 0.6 is 0 Å². The first-order valence-electron chi connectivity index (χ1n) is 7.10. The second-order valence-corrected chi connectivity index (χ2v) is 5.10. The number of hydrogen-bond donors (Lipinski definition) is 1. The summed E-state index contributed by atoms with van der Waals surface area (Å²) in [5, 5.41) is 9.39. The zero-order chi connectivity index (χ0) is 15.2. The molecule has 0 spiro atoms. The van der Waals surface area contributed by atoms with Crippen molar-refractivity contribution in [3.63, 3.8) is 0 Å². The number of benzene rings is 1. The van der Waals surface area contributed by atoms with E-state index in [1.807, 2.05) is 37.3 Å². The predicted octanol–water partition coefficient (Wildman–Crippen LogP) is 3.26. The molecule has 21 heavy (non-hydrogen) atoms. The van der Waals surface area contributed by atoms with Gasteiger partial charge in [-0.05, 0) is 42.7 Å². The van der Waals surface area contributed by atoms with Gasteiger partial charge in [-0.3, -0.25) is 0 Å². The smallest absolute Gasteiger partial charge is 0.147 e. The Bertz CT molecular complexity index is 641. The number of nitrogen functional groups attached to an aromatic ring is 1. The molecule has 2 rings (SSSR count). The van der Waals surface area contributed by atoms with Gasteiger partial charge >= 0.3 is 0 Å². The highest BCUT2D eigenvalue weighted by atomic mass is 15.2. The van der Waals surface area contributed by atoms with Crippen molar-refractivity contribution in [2.45, 2.75) is 26.8 Å². The van der Waals surface area contributed by atoms with Crippen molar-refractivity contribution in [2.75, 3.05) is 17.2 Å². The molecule has 108 valence electrons. The van der Waals surface area contributed by atoms with Crippen LogP contribution in [0, 0.1) is 18.3 Å². The third-order valence-electron chi connectivity index (χ3n) is 3.40. The number of nitrogens with zero attached hydrogens (tertiary/aromatic N) is 3. The van der Waals surface area contributed by atoms with Crippen molar-refractivity contribution >= 4 is 11.5 Å². The quantitative estimate of drug-likeness (QED) is 0.854. The number of aromatic nitrogens is 1. The number of nitriles is 1. The van der Waals surface area contributed by atoms with Gasteiger partial charge in [-0.25, -0.2) is 4.98 Å². The van der Waals surface area contributed by atoms with Crippen molar-refractivity contribution in [2.24, 2.45) is 0 Å². The van der Waals surface area contributed by atoms with Gasteiger partial charge < -0.3 is 10.6 Å². The third kappa shape index (κ3) is 3.51. The number of pyridine rings is 1. The Hall–Kier alpha value is -2.54. The van der Waals surface area contributed by atoms with Crippen molar-refractivity contribution in [3.05, 3.63) is 53.2 Å². The normalized spacial score (nSPS) is 10.1. The molecule has 0 fully saturated rings. The van der Waals surface area contributed by atoms with E-state index in [1.165, 1.54) is 0 Å². The summed E-state index contributed by atoms with van der Waals surface area (Å²) in [6.07, 6.45) is 2.76. The van der Waals surface area contributed by atoms with Crippen molar-refractivity contribution in [3.8, 4) is 6.07 Å². The molecule has 4 heteroatoms. The molecular weight excluding hydrogens is 260 g/mol. The largest absolute Gasteiger partial charge is 0.399 e. The minimum atomic E-state index is 0.654. The molecule has 0 aliphatic heterocycles. The zero-order valence-corrected chi connectivity index (χ0v) is 12.5. The van der Waals surface area contributed by atoms with Crippen LogP contribution < -0.4 is 10.6 Å². The monoisotopic (exact) mass is 280 g/mol. The highest BCUT2D eigenvalue weighted by molar-refractivity contribution is 5.57. The summed E-state index contributed by atoms with van der Waals surface area (Å²) in [7, 11) is 0. The van der Waals surface area contributed by atoms with Gasteiger partial charge in [0.1, 0.15) is 11.9 Å². The fourth-order valence-electron chi connectivity index (χ4n) is 2.30. The van der Waals surface area contributed by atoms with Gasteiger partial charge in [-0.15, -0.1) is 0 Å². The van der Waals surface area contributed by atoms with E-state index in [2.05, 4.69) is 22.9 Å². The average Bonchev–Trinajstić information content (AvgIpc) is 2.49. The Morgan fingerprint density at radius 2 is 1.95 bits per heavy atom. The van der Waals surface area contributed by atoms with Gasteiger partial charge in [-0.2, -0.15) is 5.26 Å². The van der Waals surface area contributed by atoms with Crippen LogP contribution in [0.3, 0.4) is 0 Å². The topological polar surface area (TPSA) is 65.9 Å². The molecule has 0 saturated carbocycles. The van der Waals surface area contributed by atoms with Gasteiger partial charge in [0.15, 0.2) is 0 Å². The highest BCUT2D eigenvalue weighted by Crippen LogP contribution is 2.22. The van der Waals surface area contributed by atoms with Crippen LogP contribution in [0.25, 0.3) is 0 Å². The van der Waals surface area contributed by atoms with Gasteiger partial charge in [0.2, 0.25) is 0 Å². The number of nitrogens with two attached hydrogens (primary N) is 1. The molecule has 0 aliphatic rings. The van der Waals surface area contributed by atoms with Crippen molar-refractivity contribution in [1.82, 2.24) is 4.98 Å². The summed E-state index contributed by atoms with van der Waals surface area (Å²) in [6, 6.07) is 12.0. The summed E-state index contributed by atoms with van der Waals surface area (Å²) >= 11 is 0. The molecule has 1 aromatic carbocycles. The fraction of sp³-hybridized carbons (Fsp3) is 0.294. The third-order valence-corrected chi connectivity index (χ3v) is 3.40. The number of rotatable bonds is 5. The van der Waals surface area contributed by atoms with Crippen LogP contribution in [0.2, 0.25) is 0 Å². The summed E-state index contributed by atoms with van der Waals surface area (Å²) in [4.78, 5) is 6.57. The van der Waals surface area contributed by atoms with Crippen molar-refractivity contribution < 1.29 is 0 Å². The summed E-state index contributed by atoms with van der Waals surface area (Å²) in [5.41, 5.74) is 9.25. The molecule has 0 bridgehead atoms. The predicted molar refractivity (Wildman–Crippen MR) is 85.9 cm³/mol. The Balaban J connectivity index is 2.33. The van der Waals surface area contributed by atoms with E-state index in [0.717, 1.165) is 42.1 Å². The van der Waals surface area contributed by atoms with E-state index in [9.17, 15) is 5.26 Å². The number of hydrogen-bond acceptors (Lipinski definition) is 4. The van der Waals surface area contributed by atoms with Crippen LogP contribution in [0.4, 0.5) is 11.5 Å². The molecule has 0 unspecified atom stereocenters. The number of anilines is 2. The van der Waals surface area contributed by atoms with E-state index < -0.39 is 0 Å². The van der Waals surface area contributed by atoms with Crippen molar-refractivity contribution in [1.29, 1.82) is 5.26 Å².